The van der Waals surface area contributed by atoms with E-state index in [2.05, 4.69) is 36.7 Å². The monoisotopic (exact) mass is 543 g/mol. The van der Waals surface area contributed by atoms with Crippen molar-refractivity contribution in [2.75, 3.05) is 55.7 Å². The van der Waals surface area contributed by atoms with Gasteiger partial charge in [0.15, 0.2) is 0 Å². The Morgan fingerprint density at radius 3 is 2.66 bits per heavy atom. The number of ether oxygens (including phenoxy) is 1. The molecular weight excluding hydrogens is 512 g/mol. The predicted molar refractivity (Wildman–Crippen MR) is 144 cm³/mol. The van der Waals surface area contributed by atoms with Crippen LogP contribution in [0.3, 0.4) is 0 Å². The number of nitrogens with zero attached hydrogens (tertiary/aromatic N) is 7. The van der Waals surface area contributed by atoms with Gasteiger partial charge in [-0.2, -0.15) is 5.10 Å². The minimum Gasteiger partial charge on any atom is -0.380 e. The largest absolute Gasteiger partial charge is 0.380 e. The van der Waals surface area contributed by atoms with E-state index >= 15 is 0 Å². The fourth-order valence-electron chi connectivity index (χ4n) is 6.38. The van der Waals surface area contributed by atoms with E-state index in [-0.39, 0.29) is 31.1 Å². The molecule has 1 aromatic carbocycles. The highest BCUT2D eigenvalue weighted by Crippen LogP contribution is 2.54. The summed E-state index contributed by atoms with van der Waals surface area (Å²) in [5.41, 5.74) is 3.02. The van der Waals surface area contributed by atoms with Crippen LogP contribution >= 0.6 is 11.6 Å². The minimum absolute atomic E-state index is 0.120. The van der Waals surface area contributed by atoms with Gasteiger partial charge in [0.05, 0.1) is 31.4 Å². The molecule has 8 nitrogen and oxygen atoms in total. The molecule has 0 unspecified atom stereocenters. The third-order valence-corrected chi connectivity index (χ3v) is 8.65. The van der Waals surface area contributed by atoms with Crippen LogP contribution < -0.4 is 9.80 Å². The molecule has 1 spiro atoms. The fraction of sp³-hybridized carbons (Fsp3) is 0.556. The van der Waals surface area contributed by atoms with E-state index in [9.17, 15) is 8.78 Å². The van der Waals surface area contributed by atoms with E-state index in [4.69, 9.17) is 16.3 Å². The van der Waals surface area contributed by atoms with Crippen molar-refractivity contribution in [3.05, 3.63) is 46.9 Å². The first-order valence-electron chi connectivity index (χ1n) is 13.1. The number of hydrogen-bond donors (Lipinski definition) is 0. The molecule has 3 aliphatic heterocycles. The van der Waals surface area contributed by atoms with Gasteiger partial charge in [0.25, 0.3) is 5.92 Å². The molecule has 0 N–H and O–H groups in total. The van der Waals surface area contributed by atoms with Crippen LogP contribution in [0.2, 0.25) is 5.02 Å². The SMILES string of the molecule is C=N/N=C(/C1CC2(C1)CN(c1nccnc1C)C2)N1CCN(CC(F)(F)C2COC2)Cc2cc(Cl)ccc21. The lowest BCUT2D eigenvalue weighted by atomic mass is 9.57. The van der Waals surface area contributed by atoms with Crippen LogP contribution in [0.1, 0.15) is 24.1 Å². The van der Waals surface area contributed by atoms with Gasteiger partial charge in [-0.25, -0.2) is 13.8 Å². The first-order chi connectivity index (χ1) is 18.3. The van der Waals surface area contributed by atoms with Gasteiger partial charge in [-0.15, -0.1) is 5.10 Å². The Balaban J connectivity index is 1.18. The second-order valence-corrected chi connectivity index (χ2v) is 11.6. The van der Waals surface area contributed by atoms with Crippen molar-refractivity contribution in [1.29, 1.82) is 0 Å². The van der Waals surface area contributed by atoms with E-state index < -0.39 is 11.8 Å². The van der Waals surface area contributed by atoms with Gasteiger partial charge in [-0.3, -0.25) is 9.88 Å². The Hall–Kier alpha value is -2.69. The van der Waals surface area contributed by atoms with Gasteiger partial charge in [0.1, 0.15) is 11.7 Å². The average Bonchev–Trinajstić information content (AvgIpc) is 2.94. The van der Waals surface area contributed by atoms with Crippen molar-refractivity contribution >= 4 is 35.7 Å². The summed E-state index contributed by atoms with van der Waals surface area (Å²) in [6.45, 7) is 8.84. The summed E-state index contributed by atoms with van der Waals surface area (Å²) in [7, 11) is 0. The number of halogens is 3. The molecule has 0 amide bonds. The summed E-state index contributed by atoms with van der Waals surface area (Å²) in [6, 6.07) is 5.69. The zero-order valence-corrected chi connectivity index (χ0v) is 22.2. The lowest BCUT2D eigenvalue weighted by Gasteiger charge is -2.60. The quantitative estimate of drug-likeness (QED) is 0.308. The summed E-state index contributed by atoms with van der Waals surface area (Å²) >= 11 is 6.35. The molecule has 1 aromatic heterocycles. The number of aromatic nitrogens is 2. The summed E-state index contributed by atoms with van der Waals surface area (Å²) in [5, 5.41) is 9.00. The molecule has 0 radical (unpaired) electrons. The van der Waals surface area contributed by atoms with Crippen molar-refractivity contribution in [2.24, 2.45) is 27.5 Å². The zero-order valence-electron chi connectivity index (χ0n) is 21.5. The summed E-state index contributed by atoms with van der Waals surface area (Å²) in [5.74, 6) is -1.50. The second-order valence-electron chi connectivity index (χ2n) is 11.2. The van der Waals surface area contributed by atoms with E-state index in [1.54, 1.807) is 12.4 Å². The van der Waals surface area contributed by atoms with E-state index in [0.717, 1.165) is 54.5 Å². The number of benzene rings is 1. The maximum atomic E-state index is 14.9. The standard InChI is InChI=1S/C27H32ClF2N7O/c1-18-24(33-6-5-32-18)36-15-26(16-36)10-20(11-26)25(34-31-2)37-8-7-35(17-27(29,30)21-13-38-14-21)12-19-9-22(28)3-4-23(19)37/h3-6,9,20-21H,2,7-8,10-17H2,1H3/b34-25-. The summed E-state index contributed by atoms with van der Waals surface area (Å²) < 4.78 is 34.8. The highest BCUT2D eigenvalue weighted by molar-refractivity contribution is 6.30. The first-order valence-corrected chi connectivity index (χ1v) is 13.4. The second kappa shape index (κ2) is 9.81. The highest BCUT2D eigenvalue weighted by Gasteiger charge is 2.55. The lowest BCUT2D eigenvalue weighted by molar-refractivity contribution is -0.178. The third-order valence-electron chi connectivity index (χ3n) is 8.42. The highest BCUT2D eigenvalue weighted by atomic mass is 35.5. The fourth-order valence-corrected chi connectivity index (χ4v) is 6.58. The summed E-state index contributed by atoms with van der Waals surface area (Å²) in [4.78, 5) is 15.1. The molecule has 4 aliphatic rings. The molecule has 2 saturated heterocycles. The average molecular weight is 544 g/mol. The Labute approximate surface area is 226 Å². The number of fused-ring (bicyclic) bond motifs is 1. The van der Waals surface area contributed by atoms with Crippen LogP contribution in [0.5, 0.6) is 0 Å². The van der Waals surface area contributed by atoms with Crippen molar-refractivity contribution < 1.29 is 13.5 Å². The van der Waals surface area contributed by atoms with Gasteiger partial charge in [0, 0.05) is 73.9 Å². The molecular formula is C27H32ClF2N7O. The smallest absolute Gasteiger partial charge is 0.267 e. The minimum atomic E-state index is -2.80. The lowest BCUT2D eigenvalue weighted by Crippen LogP contribution is -2.65. The van der Waals surface area contributed by atoms with Crippen LogP contribution in [0, 0.1) is 24.2 Å². The van der Waals surface area contributed by atoms with Crippen LogP contribution in [0.25, 0.3) is 0 Å². The number of aryl methyl sites for hydroxylation is 1. The van der Waals surface area contributed by atoms with E-state index in [1.807, 2.05) is 30.0 Å². The number of rotatable bonds is 6. The molecule has 3 fully saturated rings. The predicted octanol–water partition coefficient (Wildman–Crippen LogP) is 4.27. The van der Waals surface area contributed by atoms with Crippen LogP contribution in [-0.4, -0.2) is 79.3 Å². The molecule has 38 heavy (non-hydrogen) atoms. The first kappa shape index (κ1) is 25.6. The van der Waals surface area contributed by atoms with Crippen molar-refractivity contribution in [1.82, 2.24) is 14.9 Å². The van der Waals surface area contributed by atoms with Gasteiger partial charge < -0.3 is 14.5 Å². The zero-order chi connectivity index (χ0) is 26.5. The van der Waals surface area contributed by atoms with Crippen molar-refractivity contribution in [2.45, 2.75) is 32.2 Å². The molecule has 1 aliphatic carbocycles. The number of amidine groups is 1. The molecule has 11 heteroatoms. The Morgan fingerprint density at radius 1 is 1.21 bits per heavy atom. The summed E-state index contributed by atoms with van der Waals surface area (Å²) in [6.07, 6.45) is 5.43. The van der Waals surface area contributed by atoms with Crippen molar-refractivity contribution in [3.8, 4) is 0 Å². The van der Waals surface area contributed by atoms with Crippen LogP contribution in [0.15, 0.2) is 40.8 Å². The maximum Gasteiger partial charge on any atom is 0.267 e. The molecule has 6 rings (SSSR count). The normalized spacial score (nSPS) is 22.4. The Bertz CT molecular complexity index is 1240. The Kier molecular flexibility index (Phi) is 6.60. The molecule has 0 bridgehead atoms. The molecule has 4 heterocycles. The topological polar surface area (TPSA) is 69.5 Å². The molecule has 1 saturated carbocycles. The molecule has 0 atom stereocenters. The maximum absolute atomic E-state index is 14.9. The van der Waals surface area contributed by atoms with Gasteiger partial charge in [-0.05, 0) is 43.5 Å². The van der Waals surface area contributed by atoms with Gasteiger partial charge >= 0.3 is 0 Å². The van der Waals surface area contributed by atoms with Crippen molar-refractivity contribution in [3.63, 3.8) is 0 Å². The number of alkyl halides is 2. The number of anilines is 2. The van der Waals surface area contributed by atoms with E-state index in [0.29, 0.717) is 24.7 Å². The van der Waals surface area contributed by atoms with Gasteiger partial charge in [0.2, 0.25) is 0 Å². The van der Waals surface area contributed by atoms with Gasteiger partial charge in [-0.1, -0.05) is 11.6 Å². The Morgan fingerprint density at radius 2 is 1.97 bits per heavy atom. The van der Waals surface area contributed by atoms with E-state index in [1.165, 1.54) is 0 Å². The third kappa shape index (κ3) is 4.67. The van der Waals surface area contributed by atoms with Crippen LogP contribution in [0.4, 0.5) is 20.3 Å². The molecule has 2 aromatic rings. The number of hydrogen-bond acceptors (Lipinski definition) is 7. The molecule has 202 valence electrons. The van der Waals surface area contributed by atoms with Crippen LogP contribution in [-0.2, 0) is 11.3 Å².